The molecule has 0 radical (unpaired) electrons. The second kappa shape index (κ2) is 31.8. The highest BCUT2D eigenvalue weighted by atomic mass is 16.5. The van der Waals surface area contributed by atoms with E-state index in [-0.39, 0.29) is 56.3 Å². The Morgan fingerprint density at radius 3 is 1.45 bits per heavy atom. The van der Waals surface area contributed by atoms with Crippen LogP contribution < -0.4 is 43.0 Å². The number of aliphatic carboxylic acids is 1. The summed E-state index contributed by atoms with van der Waals surface area (Å²) in [5.41, 5.74) is 5.47. The van der Waals surface area contributed by atoms with Crippen molar-refractivity contribution in [2.75, 3.05) is 0 Å². The third kappa shape index (κ3) is 24.2. The average Bonchev–Trinajstić information content (AvgIpc) is 3.24. The number of primary amides is 1. The molecule has 0 aromatic rings. The molecule has 69 heavy (non-hydrogen) atoms. The van der Waals surface area contributed by atoms with Gasteiger partial charge in [-0.3, -0.25) is 43.2 Å². The van der Waals surface area contributed by atoms with Gasteiger partial charge in [0.1, 0.15) is 48.4 Å². The summed E-state index contributed by atoms with van der Waals surface area (Å²) in [5.74, 6) is -10.4. The zero-order valence-corrected chi connectivity index (χ0v) is 43.1. The number of rotatable bonds is 21. The lowest BCUT2D eigenvalue weighted by atomic mass is 9.97. The molecule has 4 unspecified atom stereocenters. The van der Waals surface area contributed by atoms with Crippen LogP contribution in [0.4, 0.5) is 0 Å². The number of esters is 1. The number of carboxylic acids is 1. The smallest absolute Gasteiger partial charge is 0.329 e. The van der Waals surface area contributed by atoms with Gasteiger partial charge in [-0.05, 0) is 68.1 Å². The van der Waals surface area contributed by atoms with E-state index >= 15 is 0 Å². The number of nitrogens with one attached hydrogen (secondary N) is 7. The number of carbonyl (C=O) groups excluding carboxylic acids is 9. The van der Waals surface area contributed by atoms with Gasteiger partial charge in [0.05, 0.1) is 12.8 Å². The molecule has 1 aliphatic rings. The number of nitrogens with two attached hydrogens (primary N) is 1. The number of carbonyl (C=O) groups is 10. The molecule has 20 nitrogen and oxygen atoms in total. The van der Waals surface area contributed by atoms with Crippen molar-refractivity contribution in [3.63, 3.8) is 0 Å². The van der Waals surface area contributed by atoms with Gasteiger partial charge in [0.2, 0.25) is 47.3 Å². The van der Waals surface area contributed by atoms with Crippen LogP contribution in [-0.4, -0.2) is 113 Å². The van der Waals surface area contributed by atoms with Crippen molar-refractivity contribution >= 4 is 59.2 Å². The van der Waals surface area contributed by atoms with Crippen molar-refractivity contribution in [3.05, 3.63) is 0 Å². The molecule has 0 spiro atoms. The van der Waals surface area contributed by atoms with E-state index in [0.29, 0.717) is 12.8 Å². The van der Waals surface area contributed by atoms with Crippen LogP contribution in [0.25, 0.3) is 0 Å². The second-order valence-electron chi connectivity index (χ2n) is 20.3. The number of unbranched alkanes of at least 4 members (excludes halogenated alkanes) is 5. The minimum absolute atomic E-state index is 0.0462. The number of cyclic esters (lactones) is 1. The highest BCUT2D eigenvalue weighted by molar-refractivity contribution is 5.98. The van der Waals surface area contributed by atoms with Crippen LogP contribution in [0.2, 0.25) is 0 Å². The van der Waals surface area contributed by atoms with Crippen LogP contribution in [0.3, 0.4) is 0 Å². The van der Waals surface area contributed by atoms with Gasteiger partial charge in [-0.15, -0.1) is 0 Å². The molecule has 8 amide bonds. The molecule has 9 atom stereocenters. The number of hydrogen-bond acceptors (Lipinski definition) is 11. The summed E-state index contributed by atoms with van der Waals surface area (Å²) in [6.45, 7) is 19.7. The lowest BCUT2D eigenvalue weighted by Crippen LogP contribution is -2.61. The fourth-order valence-electron chi connectivity index (χ4n) is 7.89. The summed E-state index contributed by atoms with van der Waals surface area (Å²) in [6, 6.07) is -9.47. The van der Waals surface area contributed by atoms with E-state index in [1.54, 1.807) is 41.5 Å². The standard InChI is InChI=1S/C49H86N8O12/c1-12-14-15-16-17-18-19-32-25-39(59)51-33(20-21-38(50)58)43(62)52-34(22-27(3)4)44(63)53-35(23-28(5)6)46(65)56-41(30(9)10)48(67)55-37(26-40(60)61)45(64)54-36(24-29(7)8)47(66)57-42(31(11)13-2)49(68)69-32/h27-37,41-42H,12-26H2,1-11H3,(H2,50,58)(H,51,59)(H,52,62)(H,53,63)(H,54,64)(H,55,67)(H,56,65)(H,57,66)(H,60,61)/t31-,32?,33-,34?,35+,36+,37?,41-,42?/m0/s1. The highest BCUT2D eigenvalue weighted by Gasteiger charge is 2.38. The SMILES string of the molecule is CCCCCCCCC1CC(=O)N[C@@H](CCC(N)=O)C(=O)NC(CC(C)C)C(=O)N[C@H](CC(C)C)C(=O)N[C@@H](C(C)C)C(=O)NC(CC(=O)O)C(=O)N[C@H](CC(C)C)C(=O)NC([C@@H](C)CC)C(=O)O1. The van der Waals surface area contributed by atoms with Gasteiger partial charge in [0.15, 0.2) is 0 Å². The van der Waals surface area contributed by atoms with Crippen molar-refractivity contribution in [2.45, 2.75) is 221 Å². The number of hydrogen-bond donors (Lipinski definition) is 9. The molecule has 0 aliphatic carbocycles. The minimum Gasteiger partial charge on any atom is -0.481 e. The number of carboxylic acid groups (broad SMARTS) is 1. The third-order valence-electron chi connectivity index (χ3n) is 12.0. The Morgan fingerprint density at radius 1 is 0.565 bits per heavy atom. The first-order valence-electron chi connectivity index (χ1n) is 25.1. The molecule has 0 aromatic heterocycles. The van der Waals surface area contributed by atoms with Gasteiger partial charge in [-0.25, -0.2) is 4.79 Å². The van der Waals surface area contributed by atoms with E-state index in [0.717, 1.165) is 32.1 Å². The highest BCUT2D eigenvalue weighted by Crippen LogP contribution is 2.19. The Kier molecular flexibility index (Phi) is 28.4. The van der Waals surface area contributed by atoms with E-state index in [2.05, 4.69) is 44.1 Å². The van der Waals surface area contributed by atoms with Crippen molar-refractivity contribution in [2.24, 2.45) is 35.3 Å². The normalized spacial score (nSPS) is 25.0. The molecule has 0 bridgehead atoms. The van der Waals surface area contributed by atoms with Crippen LogP contribution in [0, 0.1) is 29.6 Å². The maximum atomic E-state index is 14.2. The van der Waals surface area contributed by atoms with E-state index in [9.17, 15) is 53.1 Å². The topological polar surface area (TPSA) is 310 Å². The molecule has 20 heteroatoms. The number of amides is 8. The van der Waals surface area contributed by atoms with Crippen molar-refractivity contribution in [1.29, 1.82) is 0 Å². The van der Waals surface area contributed by atoms with Gasteiger partial charge in [-0.2, -0.15) is 0 Å². The summed E-state index contributed by atoms with van der Waals surface area (Å²) in [7, 11) is 0. The van der Waals surface area contributed by atoms with Crippen molar-refractivity contribution < 1.29 is 57.8 Å². The minimum atomic E-state index is -1.72. The first kappa shape index (κ1) is 61.7. The maximum absolute atomic E-state index is 14.2. The van der Waals surface area contributed by atoms with Crippen LogP contribution in [0.15, 0.2) is 0 Å². The molecule has 1 fully saturated rings. The fourth-order valence-corrected chi connectivity index (χ4v) is 7.89. The van der Waals surface area contributed by atoms with Gasteiger partial charge >= 0.3 is 11.9 Å². The maximum Gasteiger partial charge on any atom is 0.329 e. The summed E-state index contributed by atoms with van der Waals surface area (Å²) in [4.78, 5) is 136. The van der Waals surface area contributed by atoms with Crippen LogP contribution >= 0.6 is 0 Å². The summed E-state index contributed by atoms with van der Waals surface area (Å²) >= 11 is 0. The van der Waals surface area contributed by atoms with Gasteiger partial charge < -0.3 is 52.8 Å². The van der Waals surface area contributed by atoms with Crippen molar-refractivity contribution in [3.8, 4) is 0 Å². The quantitative estimate of drug-likeness (QED) is 0.0593. The molecule has 1 aliphatic heterocycles. The molecule has 1 saturated heterocycles. The van der Waals surface area contributed by atoms with Gasteiger partial charge in [-0.1, -0.05) is 115 Å². The molecule has 0 aromatic carbocycles. The van der Waals surface area contributed by atoms with Gasteiger partial charge in [0, 0.05) is 6.42 Å². The third-order valence-corrected chi connectivity index (χ3v) is 12.0. The van der Waals surface area contributed by atoms with Gasteiger partial charge in [0.25, 0.3) is 0 Å². The lowest BCUT2D eigenvalue weighted by molar-refractivity contribution is -0.156. The summed E-state index contributed by atoms with van der Waals surface area (Å²) in [5, 5.41) is 28.3. The monoisotopic (exact) mass is 979 g/mol. The van der Waals surface area contributed by atoms with Crippen LogP contribution in [-0.2, 0) is 52.7 Å². The number of ether oxygens (including phenoxy) is 1. The summed E-state index contributed by atoms with van der Waals surface area (Å²) in [6.07, 6.45) is 3.39. The Balaban J connectivity index is 4.03. The predicted molar refractivity (Wildman–Crippen MR) is 259 cm³/mol. The first-order chi connectivity index (χ1) is 32.3. The molecule has 394 valence electrons. The van der Waals surface area contributed by atoms with Crippen LogP contribution in [0.5, 0.6) is 0 Å². The predicted octanol–water partition coefficient (Wildman–Crippen LogP) is 3.03. The molecule has 10 N–H and O–H groups in total. The molecule has 1 rings (SSSR count). The average molecular weight is 979 g/mol. The van der Waals surface area contributed by atoms with Crippen LogP contribution in [0.1, 0.15) is 172 Å². The first-order valence-corrected chi connectivity index (χ1v) is 25.1. The largest absolute Gasteiger partial charge is 0.481 e. The zero-order valence-electron chi connectivity index (χ0n) is 43.1. The molecular formula is C49H86N8O12. The lowest BCUT2D eigenvalue weighted by Gasteiger charge is -2.30. The Labute approximate surface area is 409 Å². The van der Waals surface area contributed by atoms with Crippen molar-refractivity contribution in [1.82, 2.24) is 37.2 Å². The Morgan fingerprint density at radius 2 is 1.00 bits per heavy atom. The molecular weight excluding hydrogens is 893 g/mol. The second-order valence-corrected chi connectivity index (χ2v) is 20.3. The Bertz CT molecular complexity index is 1720. The zero-order chi connectivity index (χ0) is 52.5. The molecule has 1 heterocycles. The molecule has 0 saturated carbocycles. The van der Waals surface area contributed by atoms with E-state index in [1.807, 2.05) is 27.7 Å². The van der Waals surface area contributed by atoms with E-state index < -0.39 is 132 Å². The van der Waals surface area contributed by atoms with E-state index in [4.69, 9.17) is 10.5 Å². The Hall–Kier alpha value is -5.30. The summed E-state index contributed by atoms with van der Waals surface area (Å²) < 4.78 is 6.03. The fraction of sp³-hybridized carbons (Fsp3) is 0.796. The van der Waals surface area contributed by atoms with E-state index in [1.165, 1.54) is 0 Å².